The third-order valence-electron chi connectivity index (χ3n) is 2.24. The normalized spacial score (nSPS) is 10.1. The van der Waals surface area contributed by atoms with Crippen molar-refractivity contribution in [1.82, 2.24) is 4.98 Å². The van der Waals surface area contributed by atoms with E-state index in [9.17, 15) is 0 Å². The van der Waals surface area contributed by atoms with Crippen LogP contribution >= 0.6 is 11.6 Å². The van der Waals surface area contributed by atoms with Crippen LogP contribution in [0.1, 0.15) is 5.56 Å². The van der Waals surface area contributed by atoms with E-state index in [0.717, 1.165) is 16.7 Å². The second-order valence-electron chi connectivity index (χ2n) is 3.16. The average molecular weight is 204 g/mol. The van der Waals surface area contributed by atoms with Crippen LogP contribution in [0.4, 0.5) is 0 Å². The van der Waals surface area contributed by atoms with Crippen LogP contribution in [0, 0.1) is 6.92 Å². The summed E-state index contributed by atoms with van der Waals surface area (Å²) < 4.78 is 0. The highest BCUT2D eigenvalue weighted by molar-refractivity contribution is 6.31. The topological polar surface area (TPSA) is 12.9 Å². The van der Waals surface area contributed by atoms with Crippen LogP contribution in [0.25, 0.3) is 11.1 Å². The number of halogens is 1. The van der Waals surface area contributed by atoms with E-state index in [4.69, 9.17) is 11.6 Å². The van der Waals surface area contributed by atoms with E-state index >= 15 is 0 Å². The second-order valence-corrected chi connectivity index (χ2v) is 3.57. The number of aromatic nitrogens is 1. The highest BCUT2D eigenvalue weighted by Crippen LogP contribution is 2.26. The molecule has 2 heteroatoms. The molecule has 70 valence electrons. The highest BCUT2D eigenvalue weighted by atomic mass is 35.5. The van der Waals surface area contributed by atoms with Crippen LogP contribution in [-0.4, -0.2) is 4.98 Å². The Labute approximate surface area is 88.4 Å². The van der Waals surface area contributed by atoms with Crippen LogP contribution in [0.3, 0.4) is 0 Å². The molecule has 1 heterocycles. The third kappa shape index (κ3) is 1.64. The average Bonchev–Trinajstić information content (AvgIpc) is 2.23. The van der Waals surface area contributed by atoms with Crippen molar-refractivity contribution < 1.29 is 0 Å². The van der Waals surface area contributed by atoms with E-state index in [-0.39, 0.29) is 0 Å². The zero-order chi connectivity index (χ0) is 9.97. The smallest absolute Gasteiger partial charge is 0.0624 e. The Hall–Kier alpha value is -1.34. The maximum Gasteiger partial charge on any atom is 0.0624 e. The number of hydrogen-bond donors (Lipinski definition) is 0. The van der Waals surface area contributed by atoms with Gasteiger partial charge in [0.1, 0.15) is 0 Å². The molecule has 0 aliphatic rings. The number of rotatable bonds is 1. The molecule has 1 nitrogen and oxygen atoms in total. The van der Waals surface area contributed by atoms with Crippen molar-refractivity contribution in [1.29, 1.82) is 0 Å². The summed E-state index contributed by atoms with van der Waals surface area (Å²) in [7, 11) is 0. The van der Waals surface area contributed by atoms with E-state index in [2.05, 4.69) is 17.1 Å². The monoisotopic (exact) mass is 203 g/mol. The molecule has 0 unspecified atom stereocenters. The molecule has 2 rings (SSSR count). The molecule has 0 radical (unpaired) electrons. The molecule has 0 aliphatic heterocycles. The maximum atomic E-state index is 6.00. The summed E-state index contributed by atoms with van der Waals surface area (Å²) in [6, 6.07) is 10.1. The lowest BCUT2D eigenvalue weighted by Crippen LogP contribution is -1.85. The molecular weight excluding hydrogens is 194 g/mol. The fourth-order valence-electron chi connectivity index (χ4n) is 1.41. The first-order valence-corrected chi connectivity index (χ1v) is 4.82. The Kier molecular flexibility index (Phi) is 2.51. The van der Waals surface area contributed by atoms with Gasteiger partial charge in [-0.1, -0.05) is 41.9 Å². The van der Waals surface area contributed by atoms with E-state index < -0.39 is 0 Å². The highest BCUT2D eigenvalue weighted by Gasteiger charge is 2.03. The minimum atomic E-state index is 0.714. The zero-order valence-corrected chi connectivity index (χ0v) is 8.62. The minimum Gasteiger partial charge on any atom is -0.263 e. The zero-order valence-electron chi connectivity index (χ0n) is 7.87. The summed E-state index contributed by atoms with van der Waals surface area (Å²) in [5, 5.41) is 0.714. The van der Waals surface area contributed by atoms with Crippen molar-refractivity contribution in [3.05, 3.63) is 53.3 Å². The molecular formula is C12H10ClN. The molecule has 0 N–H and O–H groups in total. The summed E-state index contributed by atoms with van der Waals surface area (Å²) in [4.78, 5) is 4.09. The lowest BCUT2D eigenvalue weighted by molar-refractivity contribution is 1.29. The summed E-state index contributed by atoms with van der Waals surface area (Å²) >= 11 is 6.00. The standard InChI is InChI=1S/C12H10ClN/c1-9-11(7-14-8-12(9)13)10-5-3-2-4-6-10/h2-8H,1H3. The van der Waals surface area contributed by atoms with E-state index in [1.807, 2.05) is 31.3 Å². The SMILES string of the molecule is Cc1c(Cl)cncc1-c1ccccc1. The Morgan fingerprint density at radius 3 is 2.50 bits per heavy atom. The van der Waals surface area contributed by atoms with Gasteiger partial charge in [-0.05, 0) is 18.1 Å². The lowest BCUT2D eigenvalue weighted by Gasteiger charge is -2.05. The molecule has 0 atom stereocenters. The van der Waals surface area contributed by atoms with Gasteiger partial charge in [-0.15, -0.1) is 0 Å². The van der Waals surface area contributed by atoms with Crippen molar-refractivity contribution in [2.45, 2.75) is 6.92 Å². The van der Waals surface area contributed by atoms with Gasteiger partial charge in [-0.25, -0.2) is 0 Å². The summed E-state index contributed by atoms with van der Waals surface area (Å²) in [5.74, 6) is 0. The summed E-state index contributed by atoms with van der Waals surface area (Å²) in [6.45, 7) is 2.01. The number of nitrogens with zero attached hydrogens (tertiary/aromatic N) is 1. The van der Waals surface area contributed by atoms with Crippen molar-refractivity contribution in [3.63, 3.8) is 0 Å². The Balaban J connectivity index is 2.58. The van der Waals surface area contributed by atoms with Gasteiger partial charge in [0.05, 0.1) is 5.02 Å². The van der Waals surface area contributed by atoms with Gasteiger partial charge in [0.25, 0.3) is 0 Å². The van der Waals surface area contributed by atoms with Crippen LogP contribution in [-0.2, 0) is 0 Å². The van der Waals surface area contributed by atoms with Gasteiger partial charge < -0.3 is 0 Å². The third-order valence-corrected chi connectivity index (χ3v) is 2.62. The second kappa shape index (κ2) is 3.81. The van der Waals surface area contributed by atoms with Crippen LogP contribution in [0.5, 0.6) is 0 Å². The van der Waals surface area contributed by atoms with Crippen LogP contribution in [0.15, 0.2) is 42.7 Å². The fourth-order valence-corrected chi connectivity index (χ4v) is 1.57. The van der Waals surface area contributed by atoms with Crippen molar-refractivity contribution in [3.8, 4) is 11.1 Å². The molecule has 14 heavy (non-hydrogen) atoms. The fraction of sp³-hybridized carbons (Fsp3) is 0.0833. The van der Waals surface area contributed by atoms with E-state index in [1.54, 1.807) is 6.20 Å². The van der Waals surface area contributed by atoms with Crippen LogP contribution < -0.4 is 0 Å². The summed E-state index contributed by atoms with van der Waals surface area (Å²) in [5.41, 5.74) is 3.32. The van der Waals surface area contributed by atoms with E-state index in [1.165, 1.54) is 0 Å². The predicted molar refractivity (Wildman–Crippen MR) is 59.4 cm³/mol. The minimum absolute atomic E-state index is 0.714. The van der Waals surface area contributed by atoms with Crippen LogP contribution in [0.2, 0.25) is 5.02 Å². The predicted octanol–water partition coefficient (Wildman–Crippen LogP) is 3.71. The Morgan fingerprint density at radius 2 is 1.79 bits per heavy atom. The number of pyridine rings is 1. The quantitative estimate of drug-likeness (QED) is 0.689. The van der Waals surface area contributed by atoms with Gasteiger partial charge >= 0.3 is 0 Å². The van der Waals surface area contributed by atoms with Crippen molar-refractivity contribution >= 4 is 11.6 Å². The molecule has 0 fully saturated rings. The van der Waals surface area contributed by atoms with Gasteiger partial charge in [0, 0.05) is 18.0 Å². The molecule has 1 aromatic carbocycles. The largest absolute Gasteiger partial charge is 0.263 e. The molecule has 1 aromatic heterocycles. The van der Waals surface area contributed by atoms with Gasteiger partial charge in [0.2, 0.25) is 0 Å². The Bertz CT molecular complexity index is 437. The molecule has 0 aliphatic carbocycles. The first-order chi connectivity index (χ1) is 6.79. The Morgan fingerprint density at radius 1 is 1.07 bits per heavy atom. The molecule has 0 saturated heterocycles. The maximum absolute atomic E-state index is 6.00. The number of benzene rings is 1. The van der Waals surface area contributed by atoms with Gasteiger partial charge in [0.15, 0.2) is 0 Å². The molecule has 0 bridgehead atoms. The molecule has 0 saturated carbocycles. The van der Waals surface area contributed by atoms with Crippen molar-refractivity contribution in [2.24, 2.45) is 0 Å². The molecule has 2 aromatic rings. The summed E-state index contributed by atoms with van der Waals surface area (Å²) in [6.07, 6.45) is 3.51. The van der Waals surface area contributed by atoms with Crippen molar-refractivity contribution in [2.75, 3.05) is 0 Å². The van der Waals surface area contributed by atoms with Gasteiger partial charge in [-0.3, -0.25) is 4.98 Å². The van der Waals surface area contributed by atoms with E-state index in [0.29, 0.717) is 5.02 Å². The molecule has 0 spiro atoms. The first-order valence-electron chi connectivity index (χ1n) is 4.44. The molecule has 0 amide bonds. The lowest BCUT2D eigenvalue weighted by atomic mass is 10.0. The first kappa shape index (κ1) is 9.22. The number of hydrogen-bond acceptors (Lipinski definition) is 1. The van der Waals surface area contributed by atoms with Gasteiger partial charge in [-0.2, -0.15) is 0 Å².